The topological polar surface area (TPSA) is 67.2 Å². The molecule has 0 bridgehead atoms. The van der Waals surface area contributed by atoms with Crippen molar-refractivity contribution in [3.05, 3.63) is 102 Å². The van der Waals surface area contributed by atoms with Gasteiger partial charge in [0.1, 0.15) is 17.9 Å². The zero-order chi connectivity index (χ0) is 31.3. The number of likely N-dealkylation sites (tertiary alicyclic amines) is 1. The average Bonchev–Trinajstić information content (AvgIpc) is 3.66. The minimum absolute atomic E-state index is 0.00730. The van der Waals surface area contributed by atoms with Crippen molar-refractivity contribution in [2.45, 2.75) is 57.1 Å². The van der Waals surface area contributed by atoms with Crippen LogP contribution < -0.4 is 10.2 Å². The van der Waals surface area contributed by atoms with E-state index in [-0.39, 0.29) is 29.2 Å². The normalized spacial score (nSPS) is 17.1. The Bertz CT molecular complexity index is 1530. The molecular formula is C36H47N3O4S. The number of rotatable bonds is 12. The van der Waals surface area contributed by atoms with Crippen LogP contribution in [0.15, 0.2) is 89.5 Å². The van der Waals surface area contributed by atoms with E-state index in [1.54, 1.807) is 11.3 Å². The van der Waals surface area contributed by atoms with Gasteiger partial charge in [-0.15, -0.1) is 10.3 Å². The van der Waals surface area contributed by atoms with Gasteiger partial charge in [0.15, 0.2) is 0 Å². The lowest BCUT2D eigenvalue weighted by Gasteiger charge is -2.45. The van der Waals surface area contributed by atoms with Crippen LogP contribution in [-0.2, 0) is 22.0 Å². The van der Waals surface area contributed by atoms with E-state index in [9.17, 15) is 4.79 Å². The molecule has 0 radical (unpaired) electrons. The van der Waals surface area contributed by atoms with Crippen LogP contribution in [0.25, 0.3) is 11.0 Å². The van der Waals surface area contributed by atoms with Crippen molar-refractivity contribution in [2.75, 3.05) is 39.2 Å². The first-order valence-corrected chi connectivity index (χ1v) is 17.8. The number of fused-ring (bicyclic) bond motifs is 1. The van der Waals surface area contributed by atoms with Gasteiger partial charge in [-0.2, -0.15) is 0 Å². The maximum atomic E-state index is 14.0. The van der Waals surface area contributed by atoms with E-state index in [0.29, 0.717) is 13.2 Å². The van der Waals surface area contributed by atoms with E-state index >= 15 is 0 Å². The van der Waals surface area contributed by atoms with Gasteiger partial charge in [0.05, 0.1) is 24.8 Å². The SMILES string of the molecule is CNN(C(=O)Cc1cccc2occc12)[C@H](CN1CCC(OS(C)(C)C(C)(C)C)C1)c1cccc(OCc2ccccc2)c1. The molecule has 8 heteroatoms. The number of amides is 1. The summed E-state index contributed by atoms with van der Waals surface area (Å²) in [4.78, 5) is 16.4. The molecule has 1 fully saturated rings. The van der Waals surface area contributed by atoms with Gasteiger partial charge < -0.3 is 13.3 Å². The second kappa shape index (κ2) is 13.8. The van der Waals surface area contributed by atoms with E-state index in [2.05, 4.69) is 67.9 Å². The molecule has 1 aliphatic heterocycles. The molecule has 236 valence electrons. The molecule has 3 aromatic carbocycles. The predicted octanol–water partition coefficient (Wildman–Crippen LogP) is 7.13. The second-order valence-electron chi connectivity index (χ2n) is 12.9. The molecule has 1 saturated heterocycles. The summed E-state index contributed by atoms with van der Waals surface area (Å²) < 4.78 is 18.6. The lowest BCUT2D eigenvalue weighted by atomic mass is 10.0. The first kappa shape index (κ1) is 32.1. The van der Waals surface area contributed by atoms with E-state index in [0.717, 1.165) is 52.9 Å². The highest BCUT2D eigenvalue weighted by molar-refractivity contribution is 8.29. The molecule has 1 aliphatic rings. The minimum atomic E-state index is -1.23. The molecule has 0 spiro atoms. The molecule has 1 aromatic heterocycles. The molecule has 4 aromatic rings. The van der Waals surface area contributed by atoms with Gasteiger partial charge in [0, 0.05) is 36.8 Å². The summed E-state index contributed by atoms with van der Waals surface area (Å²) in [6, 6.07) is 25.9. The van der Waals surface area contributed by atoms with Gasteiger partial charge in [0.25, 0.3) is 0 Å². The standard InChI is InChI=1S/C36H47N3O4S/c1-36(2,3)44(5,6)43-31-18-20-38(24-31)25-33(29-15-10-16-30(22-29)42-26-27-12-8-7-9-13-27)39(37-4)35(40)23-28-14-11-17-34-32(28)19-21-41-34/h7-17,19,21-22,31,33,37H,18,20,23-26H2,1-6H3/t31?,33-/m1/s1. The minimum Gasteiger partial charge on any atom is -0.489 e. The maximum absolute atomic E-state index is 14.0. The van der Waals surface area contributed by atoms with Crippen molar-refractivity contribution in [1.29, 1.82) is 0 Å². The molecule has 1 amide bonds. The van der Waals surface area contributed by atoms with Gasteiger partial charge >= 0.3 is 0 Å². The van der Waals surface area contributed by atoms with Crippen LogP contribution in [0.3, 0.4) is 0 Å². The van der Waals surface area contributed by atoms with Gasteiger partial charge in [-0.25, -0.2) is 5.43 Å². The number of hydrogen-bond acceptors (Lipinski definition) is 6. The lowest BCUT2D eigenvalue weighted by molar-refractivity contribution is -0.136. The third-order valence-electron chi connectivity index (χ3n) is 8.75. The van der Waals surface area contributed by atoms with E-state index in [4.69, 9.17) is 13.3 Å². The molecule has 0 aliphatic carbocycles. The highest BCUT2D eigenvalue weighted by Crippen LogP contribution is 2.55. The van der Waals surface area contributed by atoms with E-state index in [1.165, 1.54) is 0 Å². The monoisotopic (exact) mass is 617 g/mol. The Kier molecular flexibility index (Phi) is 10.1. The van der Waals surface area contributed by atoms with Crippen molar-refractivity contribution in [3.63, 3.8) is 0 Å². The molecule has 1 unspecified atom stereocenters. The smallest absolute Gasteiger partial charge is 0.241 e. The van der Waals surface area contributed by atoms with Crippen LogP contribution in [-0.4, -0.2) is 65.9 Å². The summed E-state index contributed by atoms with van der Waals surface area (Å²) in [6.45, 7) is 9.71. The van der Waals surface area contributed by atoms with E-state index < -0.39 is 10.3 Å². The predicted molar refractivity (Wildman–Crippen MR) is 181 cm³/mol. The summed E-state index contributed by atoms with van der Waals surface area (Å²) >= 11 is 0. The Hall–Kier alpha value is -3.30. The molecule has 5 rings (SSSR count). The quantitative estimate of drug-likeness (QED) is 0.171. The maximum Gasteiger partial charge on any atom is 0.241 e. The zero-order valence-electron chi connectivity index (χ0n) is 26.9. The number of hydrogen-bond donors (Lipinski definition) is 1. The summed E-state index contributed by atoms with van der Waals surface area (Å²) in [6.07, 6.45) is 7.62. The Balaban J connectivity index is 1.38. The Labute approximate surface area is 264 Å². The molecule has 44 heavy (non-hydrogen) atoms. The van der Waals surface area contributed by atoms with E-state index in [1.807, 2.05) is 61.6 Å². The van der Waals surface area contributed by atoms with Crippen LogP contribution in [0.2, 0.25) is 0 Å². The number of benzene rings is 3. The average molecular weight is 618 g/mol. The van der Waals surface area contributed by atoms with Crippen LogP contribution in [0.5, 0.6) is 5.75 Å². The number of hydrazine groups is 1. The summed E-state index contributed by atoms with van der Waals surface area (Å²) in [5, 5.41) is 2.75. The Morgan fingerprint density at radius 2 is 1.84 bits per heavy atom. The van der Waals surface area contributed by atoms with Crippen LogP contribution in [0.1, 0.15) is 49.9 Å². The highest BCUT2D eigenvalue weighted by Gasteiger charge is 2.36. The fourth-order valence-electron chi connectivity index (χ4n) is 5.57. The van der Waals surface area contributed by atoms with Crippen molar-refractivity contribution in [1.82, 2.24) is 15.3 Å². The van der Waals surface area contributed by atoms with Crippen LogP contribution >= 0.6 is 10.3 Å². The third kappa shape index (κ3) is 7.67. The molecular weight excluding hydrogens is 570 g/mol. The first-order chi connectivity index (χ1) is 21.0. The Morgan fingerprint density at radius 3 is 2.59 bits per heavy atom. The largest absolute Gasteiger partial charge is 0.489 e. The summed E-state index contributed by atoms with van der Waals surface area (Å²) in [5.41, 5.74) is 7.11. The molecule has 1 N–H and O–H groups in total. The van der Waals surface area contributed by atoms with Crippen LogP contribution in [0, 0.1) is 0 Å². The van der Waals surface area contributed by atoms with Gasteiger partial charge in [-0.3, -0.25) is 14.7 Å². The highest BCUT2D eigenvalue weighted by atomic mass is 32.3. The third-order valence-corrected chi connectivity index (χ3v) is 12.5. The molecule has 7 nitrogen and oxygen atoms in total. The number of carbonyl (C=O) groups is 1. The van der Waals surface area contributed by atoms with Gasteiger partial charge in [0.2, 0.25) is 5.91 Å². The fraction of sp³-hybridized carbons (Fsp3) is 0.417. The first-order valence-electron chi connectivity index (χ1n) is 15.4. The fourth-order valence-corrected chi connectivity index (χ4v) is 6.70. The van der Waals surface area contributed by atoms with Crippen molar-refractivity contribution in [2.24, 2.45) is 0 Å². The van der Waals surface area contributed by atoms with Crippen molar-refractivity contribution in [3.8, 4) is 5.75 Å². The Morgan fingerprint density at radius 1 is 1.07 bits per heavy atom. The van der Waals surface area contributed by atoms with Crippen molar-refractivity contribution < 1.29 is 18.1 Å². The number of nitrogens with zero attached hydrogens (tertiary/aromatic N) is 2. The number of nitrogens with one attached hydrogen (secondary N) is 1. The molecule has 0 saturated carbocycles. The molecule has 2 heterocycles. The molecule has 2 atom stereocenters. The zero-order valence-corrected chi connectivity index (χ0v) is 27.7. The number of carbonyl (C=O) groups excluding carboxylic acids is 1. The van der Waals surface area contributed by atoms with Crippen LogP contribution in [0.4, 0.5) is 0 Å². The summed E-state index contributed by atoms with van der Waals surface area (Å²) in [5.74, 6) is 0.772. The van der Waals surface area contributed by atoms with Crippen molar-refractivity contribution >= 4 is 27.2 Å². The van der Waals surface area contributed by atoms with Gasteiger partial charge in [-0.05, 0) is 59.9 Å². The number of furan rings is 1. The second-order valence-corrected chi connectivity index (χ2v) is 16.8. The lowest BCUT2D eigenvalue weighted by Crippen LogP contribution is -2.48. The van der Waals surface area contributed by atoms with Gasteiger partial charge in [-0.1, -0.05) is 75.4 Å². The number of ether oxygens (including phenoxy) is 1. The summed E-state index contributed by atoms with van der Waals surface area (Å²) in [7, 11) is 0.594.